The molecule has 1 aliphatic rings. The highest BCUT2D eigenvalue weighted by atomic mass is 16.4. The number of nitrogens with zero attached hydrogens (tertiary/aromatic N) is 2. The molecule has 0 bridgehead atoms. The van der Waals surface area contributed by atoms with Crippen LogP contribution in [0.1, 0.15) is 46.5 Å². The molecule has 0 aliphatic carbocycles. The molecule has 4 heteroatoms. The van der Waals surface area contributed by atoms with E-state index in [-0.39, 0.29) is 0 Å². The van der Waals surface area contributed by atoms with Crippen molar-refractivity contribution in [2.75, 3.05) is 6.54 Å². The molecule has 0 aromatic heterocycles. The second-order valence-electron chi connectivity index (χ2n) is 5.07. The van der Waals surface area contributed by atoms with Crippen molar-refractivity contribution >= 4 is 5.84 Å². The van der Waals surface area contributed by atoms with E-state index >= 15 is 0 Å². The highest BCUT2D eigenvalue weighted by Crippen LogP contribution is 2.26. The molecular formula is C12H25N3O. The van der Waals surface area contributed by atoms with Crippen molar-refractivity contribution in [1.29, 1.82) is 0 Å². The van der Waals surface area contributed by atoms with Gasteiger partial charge in [0.15, 0.2) is 0 Å². The molecule has 3 unspecified atom stereocenters. The van der Waals surface area contributed by atoms with Crippen molar-refractivity contribution in [3.05, 3.63) is 0 Å². The molecule has 0 spiro atoms. The summed E-state index contributed by atoms with van der Waals surface area (Å²) in [6.07, 6.45) is 4.24. The summed E-state index contributed by atoms with van der Waals surface area (Å²) in [6.45, 7) is 7.91. The van der Waals surface area contributed by atoms with Crippen LogP contribution in [0.4, 0.5) is 0 Å². The summed E-state index contributed by atoms with van der Waals surface area (Å²) >= 11 is 0. The Kier molecular flexibility index (Phi) is 5.06. The van der Waals surface area contributed by atoms with Gasteiger partial charge >= 0.3 is 0 Å². The van der Waals surface area contributed by atoms with Crippen LogP contribution < -0.4 is 5.73 Å². The van der Waals surface area contributed by atoms with E-state index in [0.29, 0.717) is 24.3 Å². The summed E-state index contributed by atoms with van der Waals surface area (Å²) in [6, 6.07) is 1.03. The molecule has 1 heterocycles. The molecule has 1 saturated heterocycles. The number of amidine groups is 1. The van der Waals surface area contributed by atoms with Gasteiger partial charge in [-0.25, -0.2) is 0 Å². The highest BCUT2D eigenvalue weighted by molar-refractivity contribution is 5.80. The lowest BCUT2D eigenvalue weighted by molar-refractivity contribution is 0.0819. The molecule has 1 rings (SSSR count). The lowest BCUT2D eigenvalue weighted by Crippen LogP contribution is -2.47. The van der Waals surface area contributed by atoms with Crippen LogP contribution in [-0.4, -0.2) is 34.6 Å². The molecule has 1 aliphatic heterocycles. The number of likely N-dealkylation sites (tertiary alicyclic amines) is 1. The average molecular weight is 227 g/mol. The zero-order chi connectivity index (χ0) is 12.1. The Morgan fingerprint density at radius 1 is 1.56 bits per heavy atom. The van der Waals surface area contributed by atoms with E-state index < -0.39 is 0 Å². The molecule has 0 amide bonds. The number of hydrogen-bond donors (Lipinski definition) is 2. The molecule has 3 N–H and O–H groups in total. The maximum atomic E-state index is 8.63. The predicted molar refractivity (Wildman–Crippen MR) is 66.7 cm³/mol. The first-order valence-corrected chi connectivity index (χ1v) is 6.30. The van der Waals surface area contributed by atoms with Gasteiger partial charge in [-0.05, 0) is 38.6 Å². The average Bonchev–Trinajstić information content (AvgIpc) is 2.26. The Labute approximate surface area is 98.5 Å². The van der Waals surface area contributed by atoms with Crippen molar-refractivity contribution in [2.24, 2.45) is 16.8 Å². The predicted octanol–water partition coefficient (Wildman–Crippen LogP) is 2.02. The fourth-order valence-corrected chi connectivity index (χ4v) is 2.75. The van der Waals surface area contributed by atoms with E-state index in [0.717, 1.165) is 18.9 Å². The SMILES string of the molecule is CCC(CC(N)=NO)N1CCC(C)CC1C. The Bertz CT molecular complexity index is 242. The molecular weight excluding hydrogens is 202 g/mol. The molecule has 0 aromatic rings. The van der Waals surface area contributed by atoms with Crippen LogP contribution in [0.15, 0.2) is 5.16 Å². The summed E-state index contributed by atoms with van der Waals surface area (Å²) in [5.74, 6) is 1.17. The summed E-state index contributed by atoms with van der Waals surface area (Å²) in [7, 11) is 0. The minimum atomic E-state index is 0.345. The topological polar surface area (TPSA) is 61.9 Å². The number of rotatable bonds is 4. The van der Waals surface area contributed by atoms with Crippen LogP contribution in [0.5, 0.6) is 0 Å². The van der Waals surface area contributed by atoms with Gasteiger partial charge in [0.25, 0.3) is 0 Å². The van der Waals surface area contributed by atoms with E-state index in [2.05, 4.69) is 30.8 Å². The zero-order valence-corrected chi connectivity index (χ0v) is 10.7. The van der Waals surface area contributed by atoms with E-state index in [4.69, 9.17) is 10.9 Å². The number of nitrogens with two attached hydrogens (primary N) is 1. The first-order valence-electron chi connectivity index (χ1n) is 6.30. The Hall–Kier alpha value is -0.770. The van der Waals surface area contributed by atoms with E-state index in [1.165, 1.54) is 12.8 Å². The van der Waals surface area contributed by atoms with Crippen molar-refractivity contribution in [2.45, 2.75) is 58.5 Å². The normalized spacial score (nSPS) is 30.3. The molecule has 0 radical (unpaired) electrons. The van der Waals surface area contributed by atoms with Gasteiger partial charge in [-0.3, -0.25) is 4.90 Å². The smallest absolute Gasteiger partial charge is 0.140 e. The van der Waals surface area contributed by atoms with Crippen LogP contribution in [0, 0.1) is 5.92 Å². The van der Waals surface area contributed by atoms with E-state index in [9.17, 15) is 0 Å². The first kappa shape index (κ1) is 13.3. The van der Waals surface area contributed by atoms with Gasteiger partial charge in [0, 0.05) is 18.5 Å². The van der Waals surface area contributed by atoms with Crippen LogP contribution in [0.25, 0.3) is 0 Å². The van der Waals surface area contributed by atoms with Crippen molar-refractivity contribution in [3.8, 4) is 0 Å². The van der Waals surface area contributed by atoms with Gasteiger partial charge in [-0.2, -0.15) is 0 Å². The fourth-order valence-electron chi connectivity index (χ4n) is 2.75. The summed E-state index contributed by atoms with van der Waals surface area (Å²) in [4.78, 5) is 2.51. The molecule has 94 valence electrons. The maximum Gasteiger partial charge on any atom is 0.140 e. The van der Waals surface area contributed by atoms with Crippen LogP contribution >= 0.6 is 0 Å². The third-order valence-electron chi connectivity index (χ3n) is 3.70. The van der Waals surface area contributed by atoms with Gasteiger partial charge in [-0.15, -0.1) is 0 Å². The van der Waals surface area contributed by atoms with Gasteiger partial charge < -0.3 is 10.9 Å². The zero-order valence-electron chi connectivity index (χ0n) is 10.7. The fraction of sp³-hybridized carbons (Fsp3) is 0.917. The number of piperidine rings is 1. The Morgan fingerprint density at radius 2 is 2.25 bits per heavy atom. The second kappa shape index (κ2) is 6.09. The van der Waals surface area contributed by atoms with Crippen molar-refractivity contribution in [1.82, 2.24) is 4.90 Å². The van der Waals surface area contributed by atoms with Gasteiger partial charge in [-0.1, -0.05) is 19.0 Å². The lowest BCUT2D eigenvalue weighted by atomic mass is 9.91. The number of hydrogen-bond acceptors (Lipinski definition) is 3. The standard InChI is InChI=1S/C12H25N3O/c1-4-11(8-12(13)14-16)15-6-5-9(2)7-10(15)3/h9-11,16H,4-8H2,1-3H3,(H2,13,14). The molecule has 4 nitrogen and oxygen atoms in total. The quantitative estimate of drug-likeness (QED) is 0.334. The van der Waals surface area contributed by atoms with Crippen molar-refractivity contribution in [3.63, 3.8) is 0 Å². The third-order valence-corrected chi connectivity index (χ3v) is 3.70. The van der Waals surface area contributed by atoms with Crippen molar-refractivity contribution < 1.29 is 5.21 Å². The minimum absolute atomic E-state index is 0.345. The van der Waals surface area contributed by atoms with Gasteiger partial charge in [0.2, 0.25) is 0 Å². The van der Waals surface area contributed by atoms with E-state index in [1.54, 1.807) is 0 Å². The largest absolute Gasteiger partial charge is 0.409 e. The second-order valence-corrected chi connectivity index (χ2v) is 5.07. The molecule has 0 saturated carbocycles. The third kappa shape index (κ3) is 3.37. The monoisotopic (exact) mass is 227 g/mol. The summed E-state index contributed by atoms with van der Waals surface area (Å²) in [5, 5.41) is 11.7. The molecule has 3 atom stereocenters. The van der Waals surface area contributed by atoms with Crippen LogP contribution in [0.2, 0.25) is 0 Å². The van der Waals surface area contributed by atoms with Crippen LogP contribution in [0.3, 0.4) is 0 Å². The van der Waals surface area contributed by atoms with Gasteiger partial charge in [0.05, 0.1) is 0 Å². The van der Waals surface area contributed by atoms with Gasteiger partial charge in [0.1, 0.15) is 5.84 Å². The summed E-state index contributed by atoms with van der Waals surface area (Å²) < 4.78 is 0. The van der Waals surface area contributed by atoms with E-state index in [1.807, 2.05) is 0 Å². The summed E-state index contributed by atoms with van der Waals surface area (Å²) in [5.41, 5.74) is 5.60. The lowest BCUT2D eigenvalue weighted by Gasteiger charge is -2.41. The number of oxime groups is 1. The first-order chi connectivity index (χ1) is 7.58. The molecule has 16 heavy (non-hydrogen) atoms. The Morgan fingerprint density at radius 3 is 2.75 bits per heavy atom. The minimum Gasteiger partial charge on any atom is -0.409 e. The highest BCUT2D eigenvalue weighted by Gasteiger charge is 2.28. The maximum absolute atomic E-state index is 8.63. The Balaban J connectivity index is 2.58. The van der Waals surface area contributed by atoms with Crippen LogP contribution in [-0.2, 0) is 0 Å². The molecule has 0 aromatic carbocycles. The molecule has 1 fully saturated rings.